The third-order valence-corrected chi connectivity index (χ3v) is 2.43. The Hall–Kier alpha value is -0.370. The fourth-order valence-corrected chi connectivity index (χ4v) is 0.363. The molecule has 0 aromatic carbocycles. The van der Waals surface area contributed by atoms with E-state index in [-0.39, 0.29) is 12.0 Å². The van der Waals surface area contributed by atoms with Crippen molar-refractivity contribution in [1.82, 2.24) is 0 Å². The van der Waals surface area contributed by atoms with Crippen LogP contribution in [0, 0.1) is 10.8 Å². The number of aliphatic hydroxyl groups excluding tert-OH is 1. The van der Waals surface area contributed by atoms with Crippen LogP contribution in [0.2, 0.25) is 0 Å². The zero-order valence-electron chi connectivity index (χ0n) is 7.14. The first-order chi connectivity index (χ1) is 4.37. The molecule has 0 spiro atoms. The lowest BCUT2D eigenvalue weighted by molar-refractivity contribution is -0.121. The van der Waals surface area contributed by atoms with Crippen LogP contribution < -0.4 is 0 Å². The van der Waals surface area contributed by atoms with Crippen molar-refractivity contribution in [1.29, 1.82) is 0 Å². The first kappa shape index (κ1) is 9.63. The Bertz CT molecular complexity index is 125. The van der Waals surface area contributed by atoms with Crippen molar-refractivity contribution in [3.8, 4) is 0 Å². The highest BCUT2D eigenvalue weighted by Crippen LogP contribution is 2.35. The van der Waals surface area contributed by atoms with Crippen LogP contribution in [0.1, 0.15) is 27.7 Å². The van der Waals surface area contributed by atoms with Gasteiger partial charge in [-0.25, -0.2) is 0 Å². The maximum absolute atomic E-state index is 10.5. The van der Waals surface area contributed by atoms with E-state index >= 15 is 0 Å². The third kappa shape index (κ3) is 1.57. The van der Waals surface area contributed by atoms with Gasteiger partial charge >= 0.3 is 0 Å². The minimum absolute atomic E-state index is 0.0404. The monoisotopic (exact) mass is 144 g/mol. The van der Waals surface area contributed by atoms with Crippen molar-refractivity contribution in [3.63, 3.8) is 0 Å². The van der Waals surface area contributed by atoms with E-state index in [0.29, 0.717) is 0 Å². The van der Waals surface area contributed by atoms with Crippen LogP contribution in [-0.2, 0) is 4.79 Å². The third-order valence-electron chi connectivity index (χ3n) is 2.43. The number of aliphatic hydroxyl groups is 1. The molecular formula is C8H16O2. The Labute approximate surface area is 62.2 Å². The van der Waals surface area contributed by atoms with Gasteiger partial charge in [0.05, 0.1) is 0 Å². The molecule has 2 nitrogen and oxygen atoms in total. The van der Waals surface area contributed by atoms with Gasteiger partial charge in [0, 0.05) is 12.0 Å². The molecule has 0 rings (SSSR count). The second kappa shape index (κ2) is 2.70. The number of hydrogen-bond donors (Lipinski definition) is 1. The molecule has 0 amide bonds. The highest BCUT2D eigenvalue weighted by atomic mass is 16.3. The molecule has 1 N–H and O–H groups in total. The molecule has 2 heteroatoms. The number of rotatable bonds is 3. The topological polar surface area (TPSA) is 37.3 Å². The predicted octanol–water partition coefficient (Wildman–Crippen LogP) is 1.23. The van der Waals surface area contributed by atoms with Crippen LogP contribution in [0.3, 0.4) is 0 Å². The lowest BCUT2D eigenvalue weighted by Gasteiger charge is -2.35. The lowest BCUT2D eigenvalue weighted by atomic mass is 9.69. The zero-order valence-corrected chi connectivity index (χ0v) is 7.14. The second-order valence-corrected chi connectivity index (χ2v) is 3.88. The van der Waals surface area contributed by atoms with Gasteiger partial charge in [0.25, 0.3) is 0 Å². The van der Waals surface area contributed by atoms with E-state index in [4.69, 9.17) is 5.11 Å². The highest BCUT2D eigenvalue weighted by molar-refractivity contribution is 5.59. The van der Waals surface area contributed by atoms with Crippen molar-refractivity contribution >= 4 is 6.29 Å². The number of carbonyl (C=O) groups excluding carboxylic acids is 1. The lowest BCUT2D eigenvalue weighted by Crippen LogP contribution is -2.36. The molecule has 0 aromatic rings. The first-order valence-corrected chi connectivity index (χ1v) is 3.44. The van der Waals surface area contributed by atoms with Gasteiger partial charge < -0.3 is 9.90 Å². The van der Waals surface area contributed by atoms with E-state index in [0.717, 1.165) is 6.29 Å². The maximum Gasteiger partial charge on any atom is 0.126 e. The van der Waals surface area contributed by atoms with Gasteiger partial charge in [-0.05, 0) is 5.41 Å². The minimum atomic E-state index is -0.443. The SMILES string of the molecule is CC(C)(C=O)C(C)(C)CO. The van der Waals surface area contributed by atoms with Gasteiger partial charge in [-0.1, -0.05) is 27.7 Å². The van der Waals surface area contributed by atoms with Gasteiger partial charge in [-0.15, -0.1) is 0 Å². The zero-order chi connectivity index (χ0) is 8.41. The van der Waals surface area contributed by atoms with E-state index in [2.05, 4.69) is 0 Å². The summed E-state index contributed by atoms with van der Waals surface area (Å²) >= 11 is 0. The molecule has 0 atom stereocenters. The van der Waals surface area contributed by atoms with E-state index in [1.807, 2.05) is 27.7 Å². The summed E-state index contributed by atoms with van der Waals surface area (Å²) in [6.45, 7) is 7.45. The van der Waals surface area contributed by atoms with Crippen molar-refractivity contribution in [2.45, 2.75) is 27.7 Å². The van der Waals surface area contributed by atoms with Crippen LogP contribution in [-0.4, -0.2) is 18.0 Å². The van der Waals surface area contributed by atoms with E-state index in [1.54, 1.807) is 0 Å². The average molecular weight is 144 g/mol. The Balaban J connectivity index is 4.43. The Kier molecular flexibility index (Phi) is 2.60. The van der Waals surface area contributed by atoms with Gasteiger partial charge in [0.15, 0.2) is 0 Å². The summed E-state index contributed by atoms with van der Waals surface area (Å²) < 4.78 is 0. The molecule has 0 bridgehead atoms. The minimum Gasteiger partial charge on any atom is -0.396 e. The molecule has 0 saturated carbocycles. The Morgan fingerprint density at radius 1 is 1.30 bits per heavy atom. The summed E-state index contributed by atoms with van der Waals surface area (Å²) in [6, 6.07) is 0. The summed E-state index contributed by atoms with van der Waals surface area (Å²) in [5.41, 5.74) is -0.767. The molecule has 0 radical (unpaired) electrons. The summed E-state index contributed by atoms with van der Waals surface area (Å²) in [6.07, 6.45) is 0.892. The molecule has 0 fully saturated rings. The molecule has 60 valence electrons. The van der Waals surface area contributed by atoms with Crippen LogP contribution in [0.15, 0.2) is 0 Å². The van der Waals surface area contributed by atoms with Crippen molar-refractivity contribution in [3.05, 3.63) is 0 Å². The van der Waals surface area contributed by atoms with Crippen molar-refractivity contribution in [2.24, 2.45) is 10.8 Å². The largest absolute Gasteiger partial charge is 0.396 e. The molecule has 0 aliphatic heterocycles. The average Bonchev–Trinajstić information content (AvgIpc) is 1.88. The molecule has 0 aromatic heterocycles. The number of aldehydes is 1. The summed E-state index contributed by atoms with van der Waals surface area (Å²) in [4.78, 5) is 10.5. The van der Waals surface area contributed by atoms with Crippen LogP contribution in [0.4, 0.5) is 0 Å². The molecule has 0 aliphatic carbocycles. The van der Waals surface area contributed by atoms with E-state index in [9.17, 15) is 4.79 Å². The van der Waals surface area contributed by atoms with Gasteiger partial charge in [0.2, 0.25) is 0 Å². The normalized spacial score (nSPS) is 13.3. The number of hydrogen-bond acceptors (Lipinski definition) is 2. The van der Waals surface area contributed by atoms with Crippen LogP contribution in [0.25, 0.3) is 0 Å². The molecule has 0 saturated heterocycles. The Morgan fingerprint density at radius 3 is 1.80 bits per heavy atom. The standard InChI is InChI=1S/C8H16O2/c1-7(2,5-9)8(3,4)6-10/h5,10H,6H2,1-4H3. The van der Waals surface area contributed by atoms with Crippen molar-refractivity contribution in [2.75, 3.05) is 6.61 Å². The second-order valence-electron chi connectivity index (χ2n) is 3.88. The molecule has 10 heavy (non-hydrogen) atoms. The fraction of sp³-hybridized carbons (Fsp3) is 0.875. The molecule has 0 heterocycles. The summed E-state index contributed by atoms with van der Waals surface area (Å²) in [5, 5.41) is 8.90. The maximum atomic E-state index is 10.5. The van der Waals surface area contributed by atoms with Crippen LogP contribution in [0.5, 0.6) is 0 Å². The molecular weight excluding hydrogens is 128 g/mol. The van der Waals surface area contributed by atoms with E-state index in [1.165, 1.54) is 0 Å². The summed E-state index contributed by atoms with van der Waals surface area (Å²) in [7, 11) is 0. The van der Waals surface area contributed by atoms with E-state index < -0.39 is 5.41 Å². The first-order valence-electron chi connectivity index (χ1n) is 3.44. The van der Waals surface area contributed by atoms with Gasteiger partial charge in [-0.3, -0.25) is 0 Å². The fourth-order valence-electron chi connectivity index (χ4n) is 0.363. The molecule has 0 aliphatic rings. The number of carbonyl (C=O) groups is 1. The Morgan fingerprint density at radius 2 is 1.70 bits per heavy atom. The smallest absolute Gasteiger partial charge is 0.126 e. The van der Waals surface area contributed by atoms with Crippen LogP contribution >= 0.6 is 0 Å². The quantitative estimate of drug-likeness (QED) is 0.605. The highest BCUT2D eigenvalue weighted by Gasteiger charge is 2.35. The molecule has 0 unspecified atom stereocenters. The van der Waals surface area contributed by atoms with Gasteiger partial charge in [-0.2, -0.15) is 0 Å². The summed E-state index contributed by atoms with van der Waals surface area (Å²) in [5.74, 6) is 0. The predicted molar refractivity (Wildman–Crippen MR) is 40.7 cm³/mol. The van der Waals surface area contributed by atoms with Crippen molar-refractivity contribution < 1.29 is 9.90 Å². The van der Waals surface area contributed by atoms with Gasteiger partial charge in [0.1, 0.15) is 6.29 Å².